The fourth-order valence-electron chi connectivity index (χ4n) is 2.76. The summed E-state index contributed by atoms with van der Waals surface area (Å²) in [7, 11) is 0. The molecule has 23 heavy (non-hydrogen) atoms. The summed E-state index contributed by atoms with van der Waals surface area (Å²) in [4.78, 5) is 36.1. The van der Waals surface area contributed by atoms with E-state index in [1.165, 1.54) is 6.92 Å². The summed E-state index contributed by atoms with van der Waals surface area (Å²) < 4.78 is 0. The summed E-state index contributed by atoms with van der Waals surface area (Å²) in [6.45, 7) is 1.45. The van der Waals surface area contributed by atoms with Crippen molar-refractivity contribution in [2.24, 2.45) is 0 Å². The molecule has 2 amide bonds. The Bertz CT molecular complexity index is 798. The van der Waals surface area contributed by atoms with Crippen molar-refractivity contribution in [1.29, 1.82) is 0 Å². The van der Waals surface area contributed by atoms with Crippen LogP contribution in [-0.4, -0.2) is 17.6 Å². The number of nitrogens with one attached hydrogen (secondary N) is 2. The Hall–Kier alpha value is -2.95. The van der Waals surface area contributed by atoms with Crippen molar-refractivity contribution in [3.63, 3.8) is 0 Å². The molecule has 0 unspecified atom stereocenters. The minimum absolute atomic E-state index is 0.0884. The van der Waals surface area contributed by atoms with E-state index in [0.717, 1.165) is 5.56 Å². The van der Waals surface area contributed by atoms with Crippen LogP contribution in [0.15, 0.2) is 48.5 Å². The standard InChI is InChI=1S/C18H16N2O3/c1-11(21)12-6-2-4-8-15(12)20-18(23)14-10-17(22)19-16-9-5-3-7-13(14)16/h2-9,14H,10H2,1H3,(H,19,22)(H,20,23)/t14-/m0/s1. The van der Waals surface area contributed by atoms with Crippen LogP contribution in [0.2, 0.25) is 0 Å². The van der Waals surface area contributed by atoms with Crippen molar-refractivity contribution in [1.82, 2.24) is 0 Å². The van der Waals surface area contributed by atoms with E-state index in [-0.39, 0.29) is 24.0 Å². The van der Waals surface area contributed by atoms with Crippen LogP contribution in [0.3, 0.4) is 0 Å². The molecule has 0 aromatic heterocycles. The molecular formula is C18H16N2O3. The second-order valence-corrected chi connectivity index (χ2v) is 5.48. The highest BCUT2D eigenvalue weighted by atomic mass is 16.2. The molecule has 0 bridgehead atoms. The Balaban J connectivity index is 1.90. The van der Waals surface area contributed by atoms with Gasteiger partial charge in [-0.1, -0.05) is 30.3 Å². The number of hydrogen-bond donors (Lipinski definition) is 2. The minimum Gasteiger partial charge on any atom is -0.326 e. The zero-order valence-corrected chi connectivity index (χ0v) is 12.6. The summed E-state index contributed by atoms with van der Waals surface area (Å²) in [5.74, 6) is -1.17. The molecule has 0 fully saturated rings. The van der Waals surface area contributed by atoms with Crippen molar-refractivity contribution < 1.29 is 14.4 Å². The molecule has 1 aliphatic rings. The Morgan fingerprint density at radius 1 is 1.09 bits per heavy atom. The van der Waals surface area contributed by atoms with Gasteiger partial charge in [0, 0.05) is 17.7 Å². The molecule has 5 heteroatoms. The first-order chi connectivity index (χ1) is 11.1. The molecule has 0 saturated carbocycles. The van der Waals surface area contributed by atoms with Gasteiger partial charge in [0.1, 0.15) is 0 Å². The fraction of sp³-hybridized carbons (Fsp3) is 0.167. The van der Waals surface area contributed by atoms with Gasteiger partial charge in [-0.2, -0.15) is 0 Å². The van der Waals surface area contributed by atoms with Crippen molar-refractivity contribution in [2.75, 3.05) is 10.6 Å². The largest absolute Gasteiger partial charge is 0.326 e. The topological polar surface area (TPSA) is 75.3 Å². The number of fused-ring (bicyclic) bond motifs is 1. The quantitative estimate of drug-likeness (QED) is 0.856. The lowest BCUT2D eigenvalue weighted by molar-refractivity contribution is -0.123. The lowest BCUT2D eigenvalue weighted by Crippen LogP contribution is -2.31. The SMILES string of the molecule is CC(=O)c1ccccc1NC(=O)[C@H]1CC(=O)Nc2ccccc21. The third-order valence-electron chi connectivity index (χ3n) is 3.88. The fourth-order valence-corrected chi connectivity index (χ4v) is 2.76. The van der Waals surface area contributed by atoms with Gasteiger partial charge in [-0.05, 0) is 30.7 Å². The van der Waals surface area contributed by atoms with Crippen LogP contribution in [-0.2, 0) is 9.59 Å². The molecule has 1 heterocycles. The number of ketones is 1. The number of Topliss-reactive ketones (excluding diaryl/α,β-unsaturated/α-hetero) is 1. The van der Waals surface area contributed by atoms with E-state index in [2.05, 4.69) is 10.6 Å². The number of hydrogen-bond acceptors (Lipinski definition) is 3. The van der Waals surface area contributed by atoms with E-state index in [9.17, 15) is 14.4 Å². The van der Waals surface area contributed by atoms with E-state index >= 15 is 0 Å². The van der Waals surface area contributed by atoms with Gasteiger partial charge in [0.25, 0.3) is 0 Å². The van der Waals surface area contributed by atoms with Crippen LogP contribution in [0.1, 0.15) is 35.2 Å². The van der Waals surface area contributed by atoms with Gasteiger partial charge in [0.05, 0.1) is 11.6 Å². The van der Waals surface area contributed by atoms with Crippen LogP contribution in [0, 0.1) is 0 Å². The van der Waals surface area contributed by atoms with E-state index in [0.29, 0.717) is 16.9 Å². The highest BCUT2D eigenvalue weighted by molar-refractivity contribution is 6.08. The zero-order valence-electron chi connectivity index (χ0n) is 12.6. The third-order valence-corrected chi connectivity index (χ3v) is 3.88. The Kier molecular flexibility index (Phi) is 3.93. The second-order valence-electron chi connectivity index (χ2n) is 5.48. The molecule has 0 saturated heterocycles. The van der Waals surface area contributed by atoms with Crippen LogP contribution in [0.5, 0.6) is 0 Å². The van der Waals surface area contributed by atoms with Crippen LogP contribution in [0.4, 0.5) is 11.4 Å². The highest BCUT2D eigenvalue weighted by Gasteiger charge is 2.30. The van der Waals surface area contributed by atoms with E-state index < -0.39 is 5.92 Å². The number of amides is 2. The van der Waals surface area contributed by atoms with Crippen LogP contribution < -0.4 is 10.6 Å². The highest BCUT2D eigenvalue weighted by Crippen LogP contribution is 2.33. The number of benzene rings is 2. The molecule has 0 aliphatic carbocycles. The minimum atomic E-state index is -0.569. The van der Waals surface area contributed by atoms with Crippen molar-refractivity contribution in [2.45, 2.75) is 19.3 Å². The summed E-state index contributed by atoms with van der Waals surface area (Å²) in [6, 6.07) is 14.1. The van der Waals surface area contributed by atoms with E-state index in [1.54, 1.807) is 30.3 Å². The second kappa shape index (κ2) is 6.04. The smallest absolute Gasteiger partial charge is 0.232 e. The molecule has 5 nitrogen and oxygen atoms in total. The number of anilines is 2. The molecule has 2 N–H and O–H groups in total. The Morgan fingerprint density at radius 2 is 1.78 bits per heavy atom. The van der Waals surface area contributed by atoms with Gasteiger partial charge in [0.15, 0.2) is 5.78 Å². The average Bonchev–Trinajstić information content (AvgIpc) is 2.54. The summed E-state index contributed by atoms with van der Waals surface area (Å²) >= 11 is 0. The first kappa shape index (κ1) is 15.0. The van der Waals surface area contributed by atoms with Crippen molar-refractivity contribution in [3.8, 4) is 0 Å². The van der Waals surface area contributed by atoms with Gasteiger partial charge in [-0.3, -0.25) is 14.4 Å². The number of carbonyl (C=O) groups excluding carboxylic acids is 3. The molecule has 2 aromatic rings. The van der Waals surface area contributed by atoms with Crippen LogP contribution in [0.25, 0.3) is 0 Å². The molecule has 3 rings (SSSR count). The summed E-state index contributed by atoms with van der Waals surface area (Å²) in [6.07, 6.45) is 0.0884. The van der Waals surface area contributed by atoms with Crippen molar-refractivity contribution >= 4 is 29.0 Å². The zero-order chi connectivity index (χ0) is 16.4. The molecule has 116 valence electrons. The first-order valence-corrected chi connectivity index (χ1v) is 7.36. The predicted molar refractivity (Wildman–Crippen MR) is 87.5 cm³/mol. The average molecular weight is 308 g/mol. The van der Waals surface area contributed by atoms with Gasteiger partial charge in [-0.15, -0.1) is 0 Å². The number of para-hydroxylation sites is 2. The maximum atomic E-state index is 12.6. The summed E-state index contributed by atoms with van der Waals surface area (Å²) in [5, 5.41) is 5.55. The monoisotopic (exact) mass is 308 g/mol. The molecular weight excluding hydrogens is 292 g/mol. The number of carbonyl (C=O) groups is 3. The molecule has 1 atom stereocenters. The lowest BCUT2D eigenvalue weighted by Gasteiger charge is -2.25. The van der Waals surface area contributed by atoms with Gasteiger partial charge < -0.3 is 10.6 Å². The normalized spacial score (nSPS) is 16.2. The first-order valence-electron chi connectivity index (χ1n) is 7.36. The van der Waals surface area contributed by atoms with E-state index in [1.807, 2.05) is 18.2 Å². The van der Waals surface area contributed by atoms with Gasteiger partial charge >= 0.3 is 0 Å². The maximum absolute atomic E-state index is 12.6. The Labute approximate surface area is 133 Å². The third kappa shape index (κ3) is 2.99. The van der Waals surface area contributed by atoms with Gasteiger partial charge in [-0.25, -0.2) is 0 Å². The molecule has 0 spiro atoms. The van der Waals surface area contributed by atoms with E-state index in [4.69, 9.17) is 0 Å². The number of rotatable bonds is 3. The summed E-state index contributed by atoms with van der Waals surface area (Å²) in [5.41, 5.74) is 2.36. The predicted octanol–water partition coefficient (Wildman–Crippen LogP) is 2.95. The molecule has 0 radical (unpaired) electrons. The van der Waals surface area contributed by atoms with Gasteiger partial charge in [0.2, 0.25) is 11.8 Å². The van der Waals surface area contributed by atoms with Crippen LogP contribution >= 0.6 is 0 Å². The molecule has 2 aromatic carbocycles. The lowest BCUT2D eigenvalue weighted by atomic mass is 9.89. The Morgan fingerprint density at radius 3 is 2.57 bits per heavy atom. The van der Waals surface area contributed by atoms with Crippen molar-refractivity contribution in [3.05, 3.63) is 59.7 Å². The maximum Gasteiger partial charge on any atom is 0.232 e. The molecule has 1 aliphatic heterocycles.